The normalized spacial score (nSPS) is 20.3. The second-order valence-corrected chi connectivity index (χ2v) is 8.60. The molecule has 1 heterocycles. The summed E-state index contributed by atoms with van der Waals surface area (Å²) in [5.41, 5.74) is 1.04. The van der Waals surface area contributed by atoms with Gasteiger partial charge in [0.15, 0.2) is 0 Å². The minimum Gasteiger partial charge on any atom is -0.353 e. The molecule has 6 heteroatoms. The van der Waals surface area contributed by atoms with E-state index in [0.717, 1.165) is 18.4 Å². The van der Waals surface area contributed by atoms with Gasteiger partial charge in [-0.15, -0.1) is 0 Å². The molecule has 5 nitrogen and oxygen atoms in total. The summed E-state index contributed by atoms with van der Waals surface area (Å²) in [7, 11) is -3.22. The minimum absolute atomic E-state index is 0.128. The van der Waals surface area contributed by atoms with Crippen molar-refractivity contribution in [3.63, 3.8) is 0 Å². The Morgan fingerprint density at radius 1 is 1.09 bits per heavy atom. The number of rotatable bonds is 6. The van der Waals surface area contributed by atoms with Crippen LogP contribution in [-0.4, -0.2) is 43.5 Å². The van der Waals surface area contributed by atoms with Gasteiger partial charge < -0.3 is 5.32 Å². The maximum absolute atomic E-state index is 12.4. The highest BCUT2D eigenvalue weighted by atomic mass is 32.2. The molecule has 3 rings (SSSR count). The third-order valence-corrected chi connectivity index (χ3v) is 6.51. The van der Waals surface area contributed by atoms with Crippen LogP contribution in [0.3, 0.4) is 0 Å². The zero-order chi connectivity index (χ0) is 16.3. The van der Waals surface area contributed by atoms with Gasteiger partial charge in [0.05, 0.1) is 5.75 Å². The molecule has 1 aliphatic carbocycles. The number of nitrogens with one attached hydrogen (secondary N) is 1. The fourth-order valence-electron chi connectivity index (χ4n) is 2.96. The van der Waals surface area contributed by atoms with Crippen LogP contribution >= 0.6 is 0 Å². The second-order valence-electron chi connectivity index (χ2n) is 6.51. The van der Waals surface area contributed by atoms with E-state index in [-0.39, 0.29) is 23.6 Å². The van der Waals surface area contributed by atoms with E-state index in [2.05, 4.69) is 5.32 Å². The molecule has 0 radical (unpaired) electrons. The molecular formula is C17H24N2O3S. The summed E-state index contributed by atoms with van der Waals surface area (Å²) in [6.45, 7) is 1.01. The predicted octanol–water partition coefficient (Wildman–Crippen LogP) is 1.55. The van der Waals surface area contributed by atoms with Crippen LogP contribution in [0.2, 0.25) is 0 Å². The lowest BCUT2D eigenvalue weighted by Gasteiger charge is -2.31. The van der Waals surface area contributed by atoms with E-state index in [1.807, 2.05) is 30.3 Å². The summed E-state index contributed by atoms with van der Waals surface area (Å²) in [5, 5.41) is 3.05. The topological polar surface area (TPSA) is 66.5 Å². The van der Waals surface area contributed by atoms with Gasteiger partial charge in [-0.1, -0.05) is 30.3 Å². The summed E-state index contributed by atoms with van der Waals surface area (Å²) in [4.78, 5) is 11.8. The highest BCUT2D eigenvalue weighted by Gasteiger charge is 2.33. The van der Waals surface area contributed by atoms with Gasteiger partial charge >= 0.3 is 0 Å². The van der Waals surface area contributed by atoms with Gasteiger partial charge in [-0.3, -0.25) is 4.79 Å². The minimum atomic E-state index is -3.22. The van der Waals surface area contributed by atoms with E-state index in [9.17, 15) is 13.2 Å². The van der Waals surface area contributed by atoms with Crippen molar-refractivity contribution >= 4 is 15.9 Å². The molecule has 0 spiro atoms. The standard InChI is InChI=1S/C17H24N2O3S/c20-17(15-6-7-15)18-16-8-11-19(12-9-16)23(21,22)13-10-14-4-2-1-3-5-14/h1-5,15-16H,6-13H2,(H,18,20). The van der Waals surface area contributed by atoms with Gasteiger partial charge in [0.25, 0.3) is 0 Å². The lowest BCUT2D eigenvalue weighted by molar-refractivity contribution is -0.123. The third-order valence-electron chi connectivity index (χ3n) is 4.63. The van der Waals surface area contributed by atoms with E-state index in [0.29, 0.717) is 32.4 Å². The van der Waals surface area contributed by atoms with Crippen molar-refractivity contribution in [2.75, 3.05) is 18.8 Å². The highest BCUT2D eigenvalue weighted by Crippen LogP contribution is 2.29. The third kappa shape index (κ3) is 4.54. The predicted molar refractivity (Wildman–Crippen MR) is 89.4 cm³/mol. The summed E-state index contributed by atoms with van der Waals surface area (Å²) in [6.07, 6.45) is 3.96. The number of nitrogens with zero attached hydrogens (tertiary/aromatic N) is 1. The summed E-state index contributed by atoms with van der Waals surface area (Å²) in [5.74, 6) is 0.508. The first-order valence-corrected chi connectivity index (χ1v) is 9.97. The smallest absolute Gasteiger partial charge is 0.223 e. The number of amides is 1. The monoisotopic (exact) mass is 336 g/mol. The fraction of sp³-hybridized carbons (Fsp3) is 0.588. The highest BCUT2D eigenvalue weighted by molar-refractivity contribution is 7.89. The first-order chi connectivity index (χ1) is 11.0. The Labute approximate surface area is 138 Å². The molecule has 0 atom stereocenters. The maximum Gasteiger partial charge on any atom is 0.223 e. The molecule has 23 heavy (non-hydrogen) atoms. The van der Waals surface area contributed by atoms with Gasteiger partial charge in [0, 0.05) is 25.0 Å². The molecule has 126 valence electrons. The van der Waals surface area contributed by atoms with E-state index in [4.69, 9.17) is 0 Å². The molecule has 1 saturated heterocycles. The van der Waals surface area contributed by atoms with Crippen molar-refractivity contribution in [1.29, 1.82) is 0 Å². The van der Waals surface area contributed by atoms with E-state index in [1.165, 1.54) is 0 Å². The summed E-state index contributed by atoms with van der Waals surface area (Å²) >= 11 is 0. The van der Waals surface area contributed by atoms with Crippen LogP contribution in [0.1, 0.15) is 31.2 Å². The van der Waals surface area contributed by atoms with Gasteiger partial charge in [0.1, 0.15) is 0 Å². The zero-order valence-corrected chi connectivity index (χ0v) is 14.1. The molecule has 0 bridgehead atoms. The number of carbonyl (C=O) groups excluding carboxylic acids is 1. The van der Waals surface area contributed by atoms with E-state index in [1.54, 1.807) is 4.31 Å². The molecule has 1 aromatic carbocycles. The van der Waals surface area contributed by atoms with Crippen molar-refractivity contribution in [2.24, 2.45) is 5.92 Å². The van der Waals surface area contributed by atoms with Crippen LogP contribution in [-0.2, 0) is 21.2 Å². The maximum atomic E-state index is 12.4. The Kier molecular flexibility index (Phi) is 5.02. The Hall–Kier alpha value is -1.40. The number of piperidine rings is 1. The van der Waals surface area contributed by atoms with Crippen molar-refractivity contribution in [2.45, 2.75) is 38.1 Å². The zero-order valence-electron chi connectivity index (χ0n) is 13.3. The molecule has 0 unspecified atom stereocenters. The van der Waals surface area contributed by atoms with Crippen LogP contribution in [0, 0.1) is 5.92 Å². The quantitative estimate of drug-likeness (QED) is 0.857. The van der Waals surface area contributed by atoms with Crippen molar-refractivity contribution in [3.05, 3.63) is 35.9 Å². The molecule has 2 aliphatic rings. The Bertz CT molecular complexity index is 633. The molecule has 1 aromatic rings. The number of aryl methyl sites for hydroxylation is 1. The lowest BCUT2D eigenvalue weighted by atomic mass is 10.1. The first-order valence-electron chi connectivity index (χ1n) is 8.37. The molecule has 1 amide bonds. The van der Waals surface area contributed by atoms with Crippen LogP contribution in [0.25, 0.3) is 0 Å². The molecule has 1 aliphatic heterocycles. The molecule has 1 saturated carbocycles. The molecular weight excluding hydrogens is 312 g/mol. The summed E-state index contributed by atoms with van der Waals surface area (Å²) in [6, 6.07) is 9.82. The lowest BCUT2D eigenvalue weighted by Crippen LogP contribution is -2.47. The number of carbonyl (C=O) groups is 1. The largest absolute Gasteiger partial charge is 0.353 e. The molecule has 2 fully saturated rings. The second kappa shape index (κ2) is 7.01. The Morgan fingerprint density at radius 3 is 2.35 bits per heavy atom. The van der Waals surface area contributed by atoms with Gasteiger partial charge in [-0.05, 0) is 37.7 Å². The summed E-state index contributed by atoms with van der Waals surface area (Å²) < 4.78 is 26.5. The SMILES string of the molecule is O=C(NC1CCN(S(=O)(=O)CCc2ccccc2)CC1)C1CC1. The van der Waals surface area contributed by atoms with Crippen molar-refractivity contribution in [1.82, 2.24) is 9.62 Å². The van der Waals surface area contributed by atoms with E-state index >= 15 is 0 Å². The van der Waals surface area contributed by atoms with Crippen LogP contribution in [0.4, 0.5) is 0 Å². The average Bonchev–Trinajstić information content (AvgIpc) is 3.40. The number of hydrogen-bond acceptors (Lipinski definition) is 3. The fourth-order valence-corrected chi connectivity index (χ4v) is 4.48. The van der Waals surface area contributed by atoms with Gasteiger partial charge in [0.2, 0.25) is 15.9 Å². The Balaban J connectivity index is 1.46. The van der Waals surface area contributed by atoms with Crippen molar-refractivity contribution < 1.29 is 13.2 Å². The van der Waals surface area contributed by atoms with Crippen LogP contribution in [0.5, 0.6) is 0 Å². The van der Waals surface area contributed by atoms with Gasteiger partial charge in [-0.25, -0.2) is 12.7 Å². The Morgan fingerprint density at radius 2 is 1.74 bits per heavy atom. The first kappa shape index (κ1) is 16.5. The van der Waals surface area contributed by atoms with Crippen molar-refractivity contribution in [3.8, 4) is 0 Å². The molecule has 0 aromatic heterocycles. The van der Waals surface area contributed by atoms with Gasteiger partial charge in [-0.2, -0.15) is 0 Å². The number of sulfonamides is 1. The van der Waals surface area contributed by atoms with Crippen LogP contribution < -0.4 is 5.32 Å². The van der Waals surface area contributed by atoms with E-state index < -0.39 is 10.0 Å². The molecule has 1 N–H and O–H groups in total. The van der Waals surface area contributed by atoms with Crippen LogP contribution in [0.15, 0.2) is 30.3 Å². The number of benzene rings is 1. The average molecular weight is 336 g/mol. The number of hydrogen-bond donors (Lipinski definition) is 1.